The number of nitrogens with one attached hydrogen (secondary N) is 1. The third-order valence-corrected chi connectivity index (χ3v) is 4.98. The molecule has 23 heavy (non-hydrogen) atoms. The Labute approximate surface area is 136 Å². The van der Waals surface area contributed by atoms with Crippen molar-refractivity contribution in [3.63, 3.8) is 0 Å². The SMILES string of the molecule is CCn1cc([C@H]2OCC[C@@H]2CNc2cc(C3CC3)n(C)n2)cn1. The van der Waals surface area contributed by atoms with Crippen LogP contribution >= 0.6 is 0 Å². The Morgan fingerprint density at radius 3 is 2.96 bits per heavy atom. The molecule has 6 nitrogen and oxygen atoms in total. The van der Waals surface area contributed by atoms with Crippen LogP contribution in [0.15, 0.2) is 18.5 Å². The topological polar surface area (TPSA) is 56.9 Å². The first-order valence-corrected chi connectivity index (χ1v) is 8.66. The molecule has 124 valence electrons. The highest BCUT2D eigenvalue weighted by Gasteiger charge is 2.31. The van der Waals surface area contributed by atoms with Crippen molar-refractivity contribution >= 4 is 5.82 Å². The summed E-state index contributed by atoms with van der Waals surface area (Å²) in [5.74, 6) is 2.19. The number of hydrogen-bond acceptors (Lipinski definition) is 4. The van der Waals surface area contributed by atoms with Gasteiger partial charge in [0.25, 0.3) is 0 Å². The molecule has 2 aromatic heterocycles. The zero-order valence-corrected chi connectivity index (χ0v) is 13.9. The summed E-state index contributed by atoms with van der Waals surface area (Å²) >= 11 is 0. The zero-order valence-electron chi connectivity index (χ0n) is 13.9. The predicted octanol–water partition coefficient (Wildman–Crippen LogP) is 2.70. The Bertz CT molecular complexity index is 672. The molecule has 1 aliphatic carbocycles. The molecule has 1 aliphatic heterocycles. The van der Waals surface area contributed by atoms with E-state index in [1.165, 1.54) is 24.1 Å². The van der Waals surface area contributed by atoms with Gasteiger partial charge in [-0.25, -0.2) is 0 Å². The fourth-order valence-corrected chi connectivity index (χ4v) is 3.48. The second-order valence-electron chi connectivity index (χ2n) is 6.70. The molecule has 6 heteroatoms. The van der Waals surface area contributed by atoms with E-state index in [0.29, 0.717) is 5.92 Å². The summed E-state index contributed by atoms with van der Waals surface area (Å²) in [5, 5.41) is 12.5. The minimum Gasteiger partial charge on any atom is -0.373 e. The standard InChI is InChI=1S/C17H25N5O/c1-3-22-11-14(10-19-22)17-13(6-7-23-17)9-18-16-8-15(12-4-5-12)21(2)20-16/h8,10-13,17H,3-7,9H2,1-2H3,(H,18,20)/t13-,17+/m1/s1. The lowest BCUT2D eigenvalue weighted by molar-refractivity contribution is 0.0932. The molecule has 0 amide bonds. The summed E-state index contributed by atoms with van der Waals surface area (Å²) in [4.78, 5) is 0. The number of rotatable bonds is 6. The second kappa shape index (κ2) is 6.00. The molecule has 1 saturated heterocycles. The van der Waals surface area contributed by atoms with E-state index in [4.69, 9.17) is 4.74 Å². The summed E-state index contributed by atoms with van der Waals surface area (Å²) in [6.07, 6.45) is 7.89. The molecule has 0 bridgehead atoms. The van der Waals surface area contributed by atoms with E-state index in [2.05, 4.69) is 34.7 Å². The number of nitrogens with zero attached hydrogens (tertiary/aromatic N) is 4. The lowest BCUT2D eigenvalue weighted by Crippen LogP contribution is -2.18. The van der Waals surface area contributed by atoms with Gasteiger partial charge < -0.3 is 10.1 Å². The molecular formula is C17H25N5O. The lowest BCUT2D eigenvalue weighted by Gasteiger charge is -2.17. The van der Waals surface area contributed by atoms with E-state index in [-0.39, 0.29) is 6.10 Å². The molecule has 2 aliphatic rings. The van der Waals surface area contributed by atoms with Crippen LogP contribution < -0.4 is 5.32 Å². The van der Waals surface area contributed by atoms with E-state index in [9.17, 15) is 0 Å². The fraction of sp³-hybridized carbons (Fsp3) is 0.647. The maximum Gasteiger partial charge on any atom is 0.148 e. The number of ether oxygens (including phenoxy) is 1. The van der Waals surface area contributed by atoms with Gasteiger partial charge in [-0.15, -0.1) is 0 Å². The van der Waals surface area contributed by atoms with E-state index in [0.717, 1.165) is 37.9 Å². The largest absolute Gasteiger partial charge is 0.373 e. The molecule has 0 aromatic carbocycles. The average Bonchev–Trinajstić information content (AvgIpc) is 2.98. The van der Waals surface area contributed by atoms with Crippen molar-refractivity contribution in [3.05, 3.63) is 29.7 Å². The molecule has 1 N–H and O–H groups in total. The highest BCUT2D eigenvalue weighted by Crippen LogP contribution is 2.40. The molecule has 2 atom stereocenters. The van der Waals surface area contributed by atoms with Gasteiger partial charge in [0.05, 0.1) is 12.3 Å². The third-order valence-electron chi connectivity index (χ3n) is 4.98. The van der Waals surface area contributed by atoms with E-state index < -0.39 is 0 Å². The highest BCUT2D eigenvalue weighted by molar-refractivity contribution is 5.38. The third kappa shape index (κ3) is 3.00. The van der Waals surface area contributed by atoms with Gasteiger partial charge in [0, 0.05) is 62.1 Å². The van der Waals surface area contributed by atoms with Crippen LogP contribution in [-0.4, -0.2) is 32.7 Å². The van der Waals surface area contributed by atoms with Crippen LogP contribution in [0.5, 0.6) is 0 Å². The van der Waals surface area contributed by atoms with E-state index in [1.807, 2.05) is 22.6 Å². The summed E-state index contributed by atoms with van der Waals surface area (Å²) in [6, 6.07) is 2.21. The Hall–Kier alpha value is -1.82. The second-order valence-corrected chi connectivity index (χ2v) is 6.70. The van der Waals surface area contributed by atoms with Crippen LogP contribution in [-0.2, 0) is 18.3 Å². The van der Waals surface area contributed by atoms with Crippen molar-refractivity contribution < 1.29 is 4.74 Å². The minimum absolute atomic E-state index is 0.148. The summed E-state index contributed by atoms with van der Waals surface area (Å²) < 4.78 is 9.94. The first kappa shape index (κ1) is 14.8. The van der Waals surface area contributed by atoms with Gasteiger partial charge in [0.2, 0.25) is 0 Å². The maximum atomic E-state index is 5.96. The maximum absolute atomic E-state index is 5.96. The van der Waals surface area contributed by atoms with Crippen LogP contribution in [0.4, 0.5) is 5.82 Å². The van der Waals surface area contributed by atoms with Gasteiger partial charge >= 0.3 is 0 Å². The van der Waals surface area contributed by atoms with Gasteiger partial charge in [-0.05, 0) is 26.2 Å². The Balaban J connectivity index is 1.40. The van der Waals surface area contributed by atoms with Crippen molar-refractivity contribution in [3.8, 4) is 0 Å². The Kier molecular flexibility index (Phi) is 3.85. The van der Waals surface area contributed by atoms with Crippen LogP contribution in [0.25, 0.3) is 0 Å². The molecule has 3 heterocycles. The molecule has 2 fully saturated rings. The average molecular weight is 315 g/mol. The van der Waals surface area contributed by atoms with E-state index in [1.54, 1.807) is 0 Å². The number of hydrogen-bond donors (Lipinski definition) is 1. The lowest BCUT2D eigenvalue weighted by atomic mass is 9.97. The molecule has 1 saturated carbocycles. The van der Waals surface area contributed by atoms with Crippen molar-refractivity contribution in [1.82, 2.24) is 19.6 Å². The van der Waals surface area contributed by atoms with Gasteiger partial charge in [-0.1, -0.05) is 0 Å². The van der Waals surface area contributed by atoms with Crippen molar-refractivity contribution in [1.29, 1.82) is 0 Å². The van der Waals surface area contributed by atoms with Gasteiger partial charge in [-0.3, -0.25) is 9.36 Å². The number of aryl methyl sites for hydroxylation is 2. The molecule has 0 spiro atoms. The molecule has 0 unspecified atom stereocenters. The molecule has 4 rings (SSSR count). The summed E-state index contributed by atoms with van der Waals surface area (Å²) in [5.41, 5.74) is 2.55. The molecular weight excluding hydrogens is 290 g/mol. The number of aromatic nitrogens is 4. The molecule has 2 aromatic rings. The van der Waals surface area contributed by atoms with Gasteiger partial charge in [-0.2, -0.15) is 10.2 Å². The van der Waals surface area contributed by atoms with Crippen molar-refractivity contribution in [2.24, 2.45) is 13.0 Å². The highest BCUT2D eigenvalue weighted by atomic mass is 16.5. The predicted molar refractivity (Wildman–Crippen MR) is 88.4 cm³/mol. The Morgan fingerprint density at radius 2 is 2.22 bits per heavy atom. The first-order valence-electron chi connectivity index (χ1n) is 8.66. The van der Waals surface area contributed by atoms with Crippen LogP contribution in [0, 0.1) is 5.92 Å². The fourth-order valence-electron chi connectivity index (χ4n) is 3.48. The smallest absolute Gasteiger partial charge is 0.148 e. The van der Waals surface area contributed by atoms with E-state index >= 15 is 0 Å². The van der Waals surface area contributed by atoms with Crippen LogP contribution in [0.3, 0.4) is 0 Å². The number of anilines is 1. The first-order chi connectivity index (χ1) is 11.2. The molecule has 0 radical (unpaired) electrons. The quantitative estimate of drug-likeness (QED) is 0.890. The zero-order chi connectivity index (χ0) is 15.8. The van der Waals surface area contributed by atoms with Crippen LogP contribution in [0.2, 0.25) is 0 Å². The Morgan fingerprint density at radius 1 is 1.35 bits per heavy atom. The summed E-state index contributed by atoms with van der Waals surface area (Å²) in [6.45, 7) is 4.71. The van der Waals surface area contributed by atoms with Crippen LogP contribution in [0.1, 0.15) is 49.5 Å². The minimum atomic E-state index is 0.148. The van der Waals surface area contributed by atoms with Gasteiger partial charge in [0.15, 0.2) is 0 Å². The van der Waals surface area contributed by atoms with Crippen molar-refractivity contribution in [2.75, 3.05) is 18.5 Å². The van der Waals surface area contributed by atoms with Gasteiger partial charge in [0.1, 0.15) is 5.82 Å². The monoisotopic (exact) mass is 315 g/mol. The van der Waals surface area contributed by atoms with Crippen molar-refractivity contribution in [2.45, 2.75) is 44.8 Å². The normalized spacial score (nSPS) is 24.3. The summed E-state index contributed by atoms with van der Waals surface area (Å²) in [7, 11) is 2.04.